The number of amidine groups is 2. The van der Waals surface area contributed by atoms with Crippen LogP contribution < -0.4 is 10.6 Å². The van der Waals surface area contributed by atoms with Crippen molar-refractivity contribution in [1.82, 2.24) is 14.1 Å². The fraction of sp³-hybridized carbons (Fsp3) is 0.490. The summed E-state index contributed by atoms with van der Waals surface area (Å²) in [6, 6.07) is 10.8. The zero-order valence-corrected chi connectivity index (χ0v) is 44.1. The summed E-state index contributed by atoms with van der Waals surface area (Å²) >= 11 is 1.85. The molecule has 8 saturated carbocycles. The lowest BCUT2D eigenvalue weighted by molar-refractivity contribution is -0.164. The number of hydrogen-bond donors (Lipinski definition) is 2. The molecule has 10 fully saturated rings. The molecule has 2 aromatic carbocycles. The molecular formula is C51H49F2N7O10S5. The topological polar surface area (TPSA) is 229 Å². The number of amides is 2. The van der Waals surface area contributed by atoms with E-state index in [2.05, 4.69) is 19.4 Å². The SMILES string of the molecule is CS(=O)(=O)N(Cc1csc2c1S(=O)(=O)N=C(C1C(=O)C3C4CCC(C5CC54)C3N(Cc3ccc(F)cc3)C1=O)N2)Cc1csc2c1S(=O)(=O)N=C(C1C(=O)C3C4CCC(C5CC54)C3N(Cc3ccc(F)cc3)C1=O)N2. The highest BCUT2D eigenvalue weighted by molar-refractivity contribution is 7.91. The van der Waals surface area contributed by atoms with Crippen LogP contribution in [0.1, 0.15) is 60.8 Å². The molecule has 14 atom stereocenters. The minimum Gasteiger partial charge on any atom is -0.333 e. The zero-order valence-electron chi connectivity index (χ0n) is 40.0. The third-order valence-corrected chi connectivity index (χ3v) is 24.7. The average molecular weight is 1120 g/mol. The molecule has 24 heteroatoms. The highest BCUT2D eigenvalue weighted by Gasteiger charge is 2.69. The van der Waals surface area contributed by atoms with E-state index in [9.17, 15) is 53.2 Å². The van der Waals surface area contributed by atoms with Crippen LogP contribution in [0.5, 0.6) is 0 Å². The Labute approximate surface area is 439 Å². The Bertz CT molecular complexity index is 3400. The summed E-state index contributed by atoms with van der Waals surface area (Å²) in [6.45, 7) is -0.904. The van der Waals surface area contributed by atoms with Gasteiger partial charge in [0.1, 0.15) is 43.1 Å². The van der Waals surface area contributed by atoms with E-state index in [1.54, 1.807) is 34.1 Å². The molecule has 0 radical (unpaired) electrons. The second-order valence-corrected chi connectivity index (χ2v) is 29.2. The van der Waals surface area contributed by atoms with E-state index in [1.165, 1.54) is 35.0 Å². The molecule has 17 nitrogen and oxygen atoms in total. The Morgan fingerprint density at radius 2 is 0.973 bits per heavy atom. The van der Waals surface area contributed by atoms with Gasteiger partial charge in [-0.2, -0.15) is 21.1 Å². The molecule has 2 aromatic heterocycles. The average Bonchev–Trinajstić information content (AvgIpc) is 4.31. The highest BCUT2D eigenvalue weighted by atomic mass is 32.2. The second kappa shape index (κ2) is 16.6. The maximum absolute atomic E-state index is 14.7. The number of piperidine rings is 2. The first-order chi connectivity index (χ1) is 35.8. The first kappa shape index (κ1) is 48.1. The third kappa shape index (κ3) is 7.45. The fourth-order valence-electron chi connectivity index (χ4n) is 15.4. The van der Waals surface area contributed by atoms with Gasteiger partial charge in [-0.25, -0.2) is 17.2 Å². The van der Waals surface area contributed by atoms with Crippen molar-refractivity contribution in [3.05, 3.63) is 93.2 Å². The summed E-state index contributed by atoms with van der Waals surface area (Å²) < 4.78 is 122. The number of nitrogens with one attached hydrogen (secondary N) is 2. The standard InChI is InChI=1S/C51H49F2N7O10S5/c1-73(65,66)58(18-24-20-71-48-44(24)74(67,68)56-46(54-48)38-42(61)36-28-10-12-30(34-14-32(28)34)40(36)59(50(38)63)16-22-2-6-26(52)7-3-22)19-25-21-72-49-45(25)75(69,70)57-47(55-49)39-43(62)37-29-11-13-31(35-15-33(29)35)41(37)60(51(39)64)17-23-4-8-27(53)9-5-23/h2-9,20-21,28-41H,10-19H2,1H3,(H,54,56)(H,55,57). The van der Waals surface area contributed by atoms with Crippen molar-refractivity contribution in [2.75, 3.05) is 16.9 Å². The van der Waals surface area contributed by atoms with Gasteiger partial charge in [-0.05, 0) is 132 Å². The number of carbonyl (C=O) groups is 4. The van der Waals surface area contributed by atoms with E-state index in [0.717, 1.165) is 71.8 Å². The van der Waals surface area contributed by atoms with Gasteiger partial charge in [0.05, 0.1) is 6.26 Å². The van der Waals surface area contributed by atoms with Gasteiger partial charge in [-0.15, -0.1) is 31.5 Å². The third-order valence-electron chi connectivity index (χ3n) is 18.5. The largest absolute Gasteiger partial charge is 0.333 e. The number of halogens is 2. The number of fused-ring (bicyclic) bond motifs is 4. The number of sulfonamides is 3. The molecule has 6 heterocycles. The zero-order chi connectivity index (χ0) is 51.9. The van der Waals surface area contributed by atoms with E-state index in [4.69, 9.17) is 0 Å². The molecule has 75 heavy (non-hydrogen) atoms. The number of benzene rings is 2. The number of rotatable bonds is 11. The number of ketones is 2. The number of nitrogens with zero attached hydrogens (tertiary/aromatic N) is 5. The van der Waals surface area contributed by atoms with Gasteiger partial charge >= 0.3 is 0 Å². The Morgan fingerprint density at radius 1 is 0.600 bits per heavy atom. The van der Waals surface area contributed by atoms with Crippen LogP contribution >= 0.6 is 22.7 Å². The smallest absolute Gasteiger partial charge is 0.287 e. The van der Waals surface area contributed by atoms with Gasteiger partial charge in [-0.1, -0.05) is 24.3 Å². The molecule has 2 amide bonds. The van der Waals surface area contributed by atoms with Crippen LogP contribution in [0, 0.1) is 82.6 Å². The van der Waals surface area contributed by atoms with E-state index >= 15 is 0 Å². The monoisotopic (exact) mass is 1120 g/mol. The molecular weight excluding hydrogens is 1070 g/mol. The van der Waals surface area contributed by atoms with Crippen molar-refractivity contribution in [2.24, 2.45) is 79.8 Å². The number of hydrogen-bond acceptors (Lipinski definition) is 14. The van der Waals surface area contributed by atoms with Crippen LogP contribution in [0.2, 0.25) is 0 Å². The van der Waals surface area contributed by atoms with Gasteiger partial charge < -0.3 is 20.4 Å². The molecule has 4 bridgehead atoms. The predicted molar refractivity (Wildman–Crippen MR) is 270 cm³/mol. The Kier molecular flexibility index (Phi) is 10.7. The van der Waals surface area contributed by atoms with Crippen LogP contribution in [0.3, 0.4) is 0 Å². The maximum Gasteiger partial charge on any atom is 0.287 e. The first-order valence-corrected chi connectivity index (χ1v) is 31.8. The van der Waals surface area contributed by atoms with E-state index in [0.29, 0.717) is 34.8 Å². The van der Waals surface area contributed by atoms with Gasteiger partial charge in [0.15, 0.2) is 23.4 Å². The minimum absolute atomic E-state index is 0.0107. The van der Waals surface area contributed by atoms with E-state index in [1.807, 2.05) is 0 Å². The van der Waals surface area contributed by atoms with Gasteiger partial charge in [0.25, 0.3) is 20.0 Å². The van der Waals surface area contributed by atoms with Crippen LogP contribution in [0.15, 0.2) is 77.9 Å². The van der Waals surface area contributed by atoms with Crippen molar-refractivity contribution >= 4 is 97.8 Å². The lowest BCUT2D eigenvalue weighted by atomic mass is 9.57. The minimum atomic E-state index is -4.69. The highest BCUT2D eigenvalue weighted by Crippen LogP contribution is 2.68. The number of anilines is 2. The van der Waals surface area contributed by atoms with Crippen molar-refractivity contribution in [2.45, 2.75) is 86.6 Å². The normalized spacial score (nSPS) is 35.0. The number of thiophene rings is 2. The summed E-state index contributed by atoms with van der Waals surface area (Å²) in [5, 5.41) is 8.89. The molecule has 392 valence electrons. The van der Waals surface area contributed by atoms with Crippen molar-refractivity contribution < 1.29 is 53.2 Å². The second-order valence-electron chi connectivity index (χ2n) is 22.3. The first-order valence-electron chi connectivity index (χ1n) is 25.3. The predicted octanol–water partition coefficient (Wildman–Crippen LogP) is 5.85. The summed E-state index contributed by atoms with van der Waals surface area (Å²) in [6.07, 6.45) is 6.25. The molecule has 8 aliphatic carbocycles. The molecule has 4 aliphatic heterocycles. The quantitative estimate of drug-likeness (QED) is 0.169. The van der Waals surface area contributed by atoms with Gasteiger partial charge in [-0.3, -0.25) is 19.2 Å². The number of Topliss-reactive ketones (excluding diaryl/α,β-unsaturated/α-hetero) is 2. The summed E-state index contributed by atoms with van der Waals surface area (Å²) in [7, 11) is -13.6. The molecule has 12 aliphatic rings. The summed E-state index contributed by atoms with van der Waals surface area (Å²) in [5.74, 6) is -5.86. The molecule has 0 spiro atoms. The Morgan fingerprint density at radius 3 is 1.36 bits per heavy atom. The van der Waals surface area contributed by atoms with Gasteiger partial charge in [0, 0.05) is 61.2 Å². The lowest BCUT2D eigenvalue weighted by Crippen LogP contribution is -2.66. The molecule has 2 N–H and O–H groups in total. The summed E-state index contributed by atoms with van der Waals surface area (Å²) in [4.78, 5) is 61.4. The number of likely N-dealkylation sites (tertiary alicyclic amines) is 2. The summed E-state index contributed by atoms with van der Waals surface area (Å²) in [5.41, 5.74) is 1.34. The number of carbonyl (C=O) groups excluding carboxylic acids is 4. The van der Waals surface area contributed by atoms with Crippen LogP contribution in [-0.2, 0) is 75.4 Å². The van der Waals surface area contributed by atoms with E-state index < -0.39 is 90.3 Å². The molecule has 14 unspecified atom stereocenters. The van der Waals surface area contributed by atoms with Crippen LogP contribution in [-0.4, -0.2) is 92.7 Å². The molecule has 16 rings (SSSR count). The van der Waals surface area contributed by atoms with Gasteiger partial charge in [0.2, 0.25) is 21.8 Å². The molecule has 4 aromatic rings. The Balaban J connectivity index is 0.734. The van der Waals surface area contributed by atoms with Crippen molar-refractivity contribution in [3.8, 4) is 0 Å². The lowest BCUT2D eigenvalue weighted by Gasteiger charge is -2.55. The molecule has 2 saturated heterocycles. The maximum atomic E-state index is 14.7. The van der Waals surface area contributed by atoms with E-state index in [-0.39, 0.29) is 103 Å². The fourth-order valence-corrected chi connectivity index (χ4v) is 21.4. The van der Waals surface area contributed by atoms with Crippen LogP contribution in [0.4, 0.5) is 18.8 Å². The Hall–Kier alpha value is -5.27. The van der Waals surface area contributed by atoms with Crippen molar-refractivity contribution in [1.29, 1.82) is 0 Å². The van der Waals surface area contributed by atoms with Crippen molar-refractivity contribution in [3.63, 3.8) is 0 Å². The van der Waals surface area contributed by atoms with Crippen LogP contribution in [0.25, 0.3) is 0 Å².